The Bertz CT molecular complexity index is 1100. The standard InChI is InChI=1S/C22H25N5/c1-14(2)21-18-11-16(15-5-8-23-9-6-15)3-4-19(18)25-22(21)17-7-10-27-13-24-26-20(27)12-17/h3-4,7,10-15,23,25H,5-6,8-9H2,1-2H3. The number of rotatable bonds is 3. The fraction of sp³-hybridized carbons (Fsp3) is 0.364. The molecule has 5 heteroatoms. The van der Waals surface area contributed by atoms with Crippen molar-refractivity contribution in [2.45, 2.75) is 38.5 Å². The van der Waals surface area contributed by atoms with Crippen molar-refractivity contribution in [2.24, 2.45) is 0 Å². The zero-order valence-electron chi connectivity index (χ0n) is 15.9. The van der Waals surface area contributed by atoms with E-state index < -0.39 is 0 Å². The minimum Gasteiger partial charge on any atom is -0.354 e. The first-order valence-electron chi connectivity index (χ1n) is 9.86. The van der Waals surface area contributed by atoms with Gasteiger partial charge in [0.2, 0.25) is 0 Å². The second-order valence-corrected chi connectivity index (χ2v) is 7.91. The summed E-state index contributed by atoms with van der Waals surface area (Å²) in [6.45, 7) is 6.80. The molecule has 0 atom stereocenters. The van der Waals surface area contributed by atoms with Gasteiger partial charge in [0, 0.05) is 22.7 Å². The number of hydrogen-bond donors (Lipinski definition) is 2. The molecule has 5 rings (SSSR count). The zero-order chi connectivity index (χ0) is 18.4. The van der Waals surface area contributed by atoms with Crippen LogP contribution < -0.4 is 5.32 Å². The number of aromatic amines is 1. The predicted molar refractivity (Wildman–Crippen MR) is 109 cm³/mol. The molecule has 2 N–H and O–H groups in total. The summed E-state index contributed by atoms with van der Waals surface area (Å²) < 4.78 is 1.94. The Morgan fingerprint density at radius 2 is 1.96 bits per heavy atom. The Balaban J connectivity index is 1.66. The van der Waals surface area contributed by atoms with Gasteiger partial charge in [0.15, 0.2) is 5.65 Å². The van der Waals surface area contributed by atoms with Gasteiger partial charge in [-0.05, 0) is 73.2 Å². The number of piperidine rings is 1. The molecule has 0 saturated carbocycles. The Labute approximate surface area is 158 Å². The van der Waals surface area contributed by atoms with E-state index in [0.717, 1.165) is 18.7 Å². The van der Waals surface area contributed by atoms with E-state index in [1.807, 2.05) is 10.6 Å². The molecule has 1 aliphatic rings. The summed E-state index contributed by atoms with van der Waals surface area (Å²) in [7, 11) is 0. The molecule has 1 fully saturated rings. The van der Waals surface area contributed by atoms with Gasteiger partial charge in [0.1, 0.15) is 6.33 Å². The molecule has 1 saturated heterocycles. The van der Waals surface area contributed by atoms with Crippen molar-refractivity contribution in [1.82, 2.24) is 24.9 Å². The summed E-state index contributed by atoms with van der Waals surface area (Å²) in [4.78, 5) is 3.68. The highest BCUT2D eigenvalue weighted by atomic mass is 15.2. The fourth-order valence-corrected chi connectivity index (χ4v) is 4.44. The number of pyridine rings is 1. The number of nitrogens with zero attached hydrogens (tertiary/aromatic N) is 3. The normalized spacial score (nSPS) is 16.0. The zero-order valence-corrected chi connectivity index (χ0v) is 15.9. The molecular formula is C22H25N5. The minimum absolute atomic E-state index is 0.436. The van der Waals surface area contributed by atoms with Crippen LogP contribution in [0.5, 0.6) is 0 Å². The summed E-state index contributed by atoms with van der Waals surface area (Å²) in [6, 6.07) is 11.2. The Morgan fingerprint density at radius 3 is 2.78 bits per heavy atom. The largest absolute Gasteiger partial charge is 0.354 e. The van der Waals surface area contributed by atoms with Crippen LogP contribution in [0.2, 0.25) is 0 Å². The van der Waals surface area contributed by atoms with Crippen LogP contribution in [0.1, 0.15) is 49.7 Å². The molecule has 0 amide bonds. The quantitative estimate of drug-likeness (QED) is 0.567. The molecular weight excluding hydrogens is 334 g/mol. The first-order valence-corrected chi connectivity index (χ1v) is 9.86. The van der Waals surface area contributed by atoms with Crippen molar-refractivity contribution in [3.8, 4) is 11.3 Å². The molecule has 1 aromatic carbocycles. The lowest BCUT2D eigenvalue weighted by molar-refractivity contribution is 0.460. The second-order valence-electron chi connectivity index (χ2n) is 7.91. The maximum absolute atomic E-state index is 4.20. The van der Waals surface area contributed by atoms with Crippen molar-refractivity contribution in [3.05, 3.63) is 54.0 Å². The van der Waals surface area contributed by atoms with Gasteiger partial charge in [0.05, 0.1) is 5.69 Å². The van der Waals surface area contributed by atoms with Crippen LogP contribution in [0, 0.1) is 0 Å². The third-order valence-corrected chi connectivity index (χ3v) is 5.84. The summed E-state index contributed by atoms with van der Waals surface area (Å²) in [6.07, 6.45) is 6.21. The Kier molecular flexibility index (Phi) is 3.97. The molecule has 5 nitrogen and oxygen atoms in total. The van der Waals surface area contributed by atoms with Crippen LogP contribution in [-0.2, 0) is 0 Å². The van der Waals surface area contributed by atoms with E-state index in [9.17, 15) is 0 Å². The third-order valence-electron chi connectivity index (χ3n) is 5.84. The fourth-order valence-electron chi connectivity index (χ4n) is 4.44. The Hall–Kier alpha value is -2.66. The van der Waals surface area contributed by atoms with Crippen molar-refractivity contribution in [1.29, 1.82) is 0 Å². The van der Waals surface area contributed by atoms with Gasteiger partial charge in [-0.15, -0.1) is 10.2 Å². The molecule has 4 aromatic rings. The summed E-state index contributed by atoms with van der Waals surface area (Å²) in [5.41, 5.74) is 7.32. The lowest BCUT2D eigenvalue weighted by Crippen LogP contribution is -2.26. The molecule has 138 valence electrons. The van der Waals surface area contributed by atoms with Crippen LogP contribution >= 0.6 is 0 Å². The van der Waals surface area contributed by atoms with Gasteiger partial charge < -0.3 is 10.3 Å². The Morgan fingerprint density at radius 1 is 1.11 bits per heavy atom. The van der Waals surface area contributed by atoms with E-state index in [1.54, 1.807) is 6.33 Å². The lowest BCUT2D eigenvalue weighted by Gasteiger charge is -2.23. The molecule has 1 aliphatic heterocycles. The van der Waals surface area contributed by atoms with Crippen LogP contribution in [-0.4, -0.2) is 32.7 Å². The highest BCUT2D eigenvalue weighted by molar-refractivity contribution is 5.92. The smallest absolute Gasteiger partial charge is 0.161 e. The molecule has 0 radical (unpaired) electrons. The molecule has 4 heterocycles. The highest BCUT2D eigenvalue weighted by Gasteiger charge is 2.20. The van der Waals surface area contributed by atoms with E-state index in [1.165, 1.54) is 46.1 Å². The molecule has 3 aromatic heterocycles. The monoisotopic (exact) mass is 359 g/mol. The van der Waals surface area contributed by atoms with Gasteiger partial charge in [-0.1, -0.05) is 19.9 Å². The van der Waals surface area contributed by atoms with Gasteiger partial charge in [-0.25, -0.2) is 0 Å². The number of benzene rings is 1. The highest BCUT2D eigenvalue weighted by Crippen LogP contribution is 2.38. The van der Waals surface area contributed by atoms with E-state index >= 15 is 0 Å². The van der Waals surface area contributed by atoms with Gasteiger partial charge in [-0.2, -0.15) is 0 Å². The number of hydrogen-bond acceptors (Lipinski definition) is 3. The van der Waals surface area contributed by atoms with E-state index in [-0.39, 0.29) is 0 Å². The maximum atomic E-state index is 4.20. The van der Waals surface area contributed by atoms with Crippen molar-refractivity contribution >= 4 is 16.6 Å². The molecule has 27 heavy (non-hydrogen) atoms. The number of nitrogens with one attached hydrogen (secondary N) is 2. The maximum Gasteiger partial charge on any atom is 0.161 e. The molecule has 0 aliphatic carbocycles. The number of H-pyrrole nitrogens is 1. The summed E-state index contributed by atoms with van der Waals surface area (Å²) >= 11 is 0. The van der Waals surface area contributed by atoms with Gasteiger partial charge in [-0.3, -0.25) is 4.40 Å². The lowest BCUT2D eigenvalue weighted by atomic mass is 9.88. The van der Waals surface area contributed by atoms with Crippen molar-refractivity contribution in [2.75, 3.05) is 13.1 Å². The average molecular weight is 359 g/mol. The van der Waals surface area contributed by atoms with E-state index in [0.29, 0.717) is 11.8 Å². The van der Waals surface area contributed by atoms with Crippen LogP contribution in [0.15, 0.2) is 42.9 Å². The van der Waals surface area contributed by atoms with Crippen molar-refractivity contribution < 1.29 is 0 Å². The first kappa shape index (κ1) is 16.5. The predicted octanol–water partition coefficient (Wildman–Crippen LogP) is 4.47. The third kappa shape index (κ3) is 2.82. The van der Waals surface area contributed by atoms with Crippen molar-refractivity contribution in [3.63, 3.8) is 0 Å². The second kappa shape index (κ2) is 6.50. The van der Waals surface area contributed by atoms with Gasteiger partial charge in [0.25, 0.3) is 0 Å². The summed E-state index contributed by atoms with van der Waals surface area (Å²) in [5.74, 6) is 1.10. The van der Waals surface area contributed by atoms with Crippen LogP contribution in [0.25, 0.3) is 27.8 Å². The molecule has 0 unspecified atom stereocenters. The SMILES string of the molecule is CC(C)c1c(-c2ccn3cnnc3c2)[nH]c2ccc(C3CCNCC3)cc12. The topological polar surface area (TPSA) is 58.0 Å². The minimum atomic E-state index is 0.436. The van der Waals surface area contributed by atoms with Gasteiger partial charge >= 0.3 is 0 Å². The number of fused-ring (bicyclic) bond motifs is 2. The molecule has 0 spiro atoms. The van der Waals surface area contributed by atoms with E-state index in [2.05, 4.69) is 64.7 Å². The average Bonchev–Trinajstić information content (AvgIpc) is 3.31. The number of aromatic nitrogens is 4. The van der Waals surface area contributed by atoms with Crippen LogP contribution in [0.3, 0.4) is 0 Å². The molecule has 0 bridgehead atoms. The van der Waals surface area contributed by atoms with E-state index in [4.69, 9.17) is 0 Å². The summed E-state index contributed by atoms with van der Waals surface area (Å²) in [5, 5.41) is 13.0. The van der Waals surface area contributed by atoms with Crippen LogP contribution in [0.4, 0.5) is 0 Å². The first-order chi connectivity index (χ1) is 13.2.